The van der Waals surface area contributed by atoms with Crippen LogP contribution < -0.4 is 10.5 Å². The molecule has 1 saturated heterocycles. The van der Waals surface area contributed by atoms with Crippen LogP contribution in [0.25, 0.3) is 0 Å². The third-order valence-electron chi connectivity index (χ3n) is 3.28. The summed E-state index contributed by atoms with van der Waals surface area (Å²) in [6, 6.07) is 5.37. The van der Waals surface area contributed by atoms with Gasteiger partial charge in [-0.2, -0.15) is 11.8 Å². The van der Waals surface area contributed by atoms with Gasteiger partial charge >= 0.3 is 0 Å². The van der Waals surface area contributed by atoms with E-state index >= 15 is 0 Å². The number of carbonyl (C=O) groups is 1. The van der Waals surface area contributed by atoms with Crippen molar-refractivity contribution in [3.8, 4) is 5.75 Å². The molecule has 1 amide bonds. The molecule has 110 valence electrons. The van der Waals surface area contributed by atoms with E-state index in [-0.39, 0.29) is 5.91 Å². The first-order valence-electron chi connectivity index (χ1n) is 6.99. The highest BCUT2D eigenvalue weighted by atomic mass is 32.2. The molecule has 2 rings (SSSR count). The lowest BCUT2D eigenvalue weighted by Crippen LogP contribution is -2.44. The minimum Gasteiger partial charge on any atom is -0.493 e. The molecule has 0 saturated carbocycles. The molecule has 0 spiro atoms. The first-order valence-corrected chi connectivity index (χ1v) is 7.93. The lowest BCUT2D eigenvalue weighted by Gasteiger charge is -2.35. The van der Waals surface area contributed by atoms with E-state index in [0.29, 0.717) is 34.1 Å². The molecule has 1 fully saturated rings. The van der Waals surface area contributed by atoms with Crippen LogP contribution in [0.2, 0.25) is 0 Å². The van der Waals surface area contributed by atoms with Gasteiger partial charge in [-0.25, -0.2) is 0 Å². The van der Waals surface area contributed by atoms with Crippen molar-refractivity contribution in [2.24, 2.45) is 0 Å². The monoisotopic (exact) mass is 294 g/mol. The molecule has 2 N–H and O–H groups in total. The molecule has 1 aliphatic heterocycles. The predicted octanol–water partition coefficient (Wildman–Crippen LogP) is 2.63. The number of ether oxygens (including phenoxy) is 1. The second-order valence-corrected chi connectivity index (χ2v) is 7.00. The van der Waals surface area contributed by atoms with Crippen LogP contribution in [-0.4, -0.2) is 41.0 Å². The minimum atomic E-state index is -0.0226. The van der Waals surface area contributed by atoms with Crippen molar-refractivity contribution in [1.82, 2.24) is 4.90 Å². The van der Waals surface area contributed by atoms with Gasteiger partial charge in [-0.15, -0.1) is 0 Å². The maximum Gasteiger partial charge on any atom is 0.259 e. The summed E-state index contributed by atoms with van der Waals surface area (Å²) in [5.41, 5.74) is 6.98. The van der Waals surface area contributed by atoms with Gasteiger partial charge in [0.1, 0.15) is 11.3 Å². The zero-order chi connectivity index (χ0) is 14.7. The van der Waals surface area contributed by atoms with Crippen molar-refractivity contribution in [1.29, 1.82) is 0 Å². The molecule has 1 heterocycles. The van der Waals surface area contributed by atoms with Gasteiger partial charge in [-0.1, -0.05) is 19.9 Å². The maximum atomic E-state index is 12.8. The van der Waals surface area contributed by atoms with E-state index < -0.39 is 0 Å². The number of nitrogens with two attached hydrogens (primary N) is 1. The lowest BCUT2D eigenvalue weighted by molar-refractivity contribution is 0.0750. The largest absolute Gasteiger partial charge is 0.493 e. The van der Waals surface area contributed by atoms with Crippen LogP contribution >= 0.6 is 11.8 Å². The highest BCUT2D eigenvalue weighted by Gasteiger charge is 2.29. The van der Waals surface area contributed by atoms with Gasteiger partial charge in [0, 0.05) is 29.3 Å². The zero-order valence-corrected chi connectivity index (χ0v) is 13.1. The van der Waals surface area contributed by atoms with Gasteiger partial charge in [0.05, 0.1) is 6.61 Å². The van der Waals surface area contributed by atoms with E-state index in [1.807, 2.05) is 29.7 Å². The van der Waals surface area contributed by atoms with Gasteiger partial charge in [0.2, 0.25) is 0 Å². The third-order valence-corrected chi connectivity index (χ3v) is 4.51. The van der Waals surface area contributed by atoms with E-state index in [9.17, 15) is 4.79 Å². The molecule has 1 aromatic rings. The van der Waals surface area contributed by atoms with Gasteiger partial charge in [-0.3, -0.25) is 4.79 Å². The summed E-state index contributed by atoms with van der Waals surface area (Å²) in [6.07, 6.45) is 0. The second-order valence-electron chi connectivity index (χ2n) is 5.12. The van der Waals surface area contributed by atoms with Crippen LogP contribution in [0, 0.1) is 0 Å². The Hall–Kier alpha value is -1.36. The molecule has 2 unspecified atom stereocenters. The van der Waals surface area contributed by atoms with Crippen LogP contribution in [-0.2, 0) is 0 Å². The number of hydrogen-bond donors (Lipinski definition) is 1. The van der Waals surface area contributed by atoms with Crippen LogP contribution in [0.5, 0.6) is 5.75 Å². The molecule has 0 aliphatic carbocycles. The molecular formula is C15H22N2O2S. The Kier molecular flexibility index (Phi) is 4.81. The number of benzene rings is 1. The van der Waals surface area contributed by atoms with E-state index in [0.717, 1.165) is 13.1 Å². The first-order chi connectivity index (χ1) is 9.52. The van der Waals surface area contributed by atoms with Crippen molar-refractivity contribution in [3.63, 3.8) is 0 Å². The van der Waals surface area contributed by atoms with Crippen LogP contribution in [0.15, 0.2) is 18.2 Å². The summed E-state index contributed by atoms with van der Waals surface area (Å²) in [7, 11) is 0. The van der Waals surface area contributed by atoms with Crippen molar-refractivity contribution < 1.29 is 9.53 Å². The smallest absolute Gasteiger partial charge is 0.259 e. The Balaban J connectivity index is 2.28. The standard InChI is InChI=1S/C15H22N2O2S/c1-4-19-13-7-5-6-12(16)14(13)15(18)17-8-10(2)20-11(3)9-17/h5-7,10-11H,4,8-9,16H2,1-3H3. The summed E-state index contributed by atoms with van der Waals surface area (Å²) < 4.78 is 5.55. The molecule has 2 atom stereocenters. The lowest BCUT2D eigenvalue weighted by atomic mass is 10.1. The normalized spacial score (nSPS) is 22.6. The van der Waals surface area contributed by atoms with Crippen LogP contribution in [0.4, 0.5) is 5.69 Å². The first kappa shape index (κ1) is 15.0. The summed E-state index contributed by atoms with van der Waals surface area (Å²) in [4.78, 5) is 14.7. The third kappa shape index (κ3) is 3.20. The zero-order valence-electron chi connectivity index (χ0n) is 12.3. The Morgan fingerprint density at radius 1 is 1.40 bits per heavy atom. The molecule has 1 aromatic carbocycles. The SMILES string of the molecule is CCOc1cccc(N)c1C(=O)N1CC(C)SC(C)C1. The molecule has 0 radical (unpaired) electrons. The molecule has 4 nitrogen and oxygen atoms in total. The Bertz CT molecular complexity index is 483. The summed E-state index contributed by atoms with van der Waals surface area (Å²) in [5.74, 6) is 0.557. The summed E-state index contributed by atoms with van der Waals surface area (Å²) in [6.45, 7) is 8.24. The fraction of sp³-hybridized carbons (Fsp3) is 0.533. The number of thioether (sulfide) groups is 1. The van der Waals surface area contributed by atoms with Crippen molar-refractivity contribution in [3.05, 3.63) is 23.8 Å². The minimum absolute atomic E-state index is 0.0226. The molecular weight excluding hydrogens is 272 g/mol. The molecule has 20 heavy (non-hydrogen) atoms. The van der Waals surface area contributed by atoms with Gasteiger partial charge in [0.15, 0.2) is 0 Å². The number of nitrogen functional groups attached to an aromatic ring is 1. The fourth-order valence-corrected chi connectivity index (χ4v) is 3.88. The average molecular weight is 294 g/mol. The van der Waals surface area contributed by atoms with Crippen molar-refractivity contribution >= 4 is 23.4 Å². The number of rotatable bonds is 3. The highest BCUT2D eigenvalue weighted by molar-refractivity contribution is 8.00. The Labute approximate surface area is 124 Å². The van der Waals surface area contributed by atoms with Crippen LogP contribution in [0.3, 0.4) is 0 Å². The summed E-state index contributed by atoms with van der Waals surface area (Å²) >= 11 is 1.92. The quantitative estimate of drug-likeness (QED) is 0.871. The van der Waals surface area contributed by atoms with E-state index in [2.05, 4.69) is 13.8 Å². The predicted molar refractivity (Wildman–Crippen MR) is 84.4 cm³/mol. The fourth-order valence-electron chi connectivity index (χ4n) is 2.55. The molecule has 0 bridgehead atoms. The highest BCUT2D eigenvalue weighted by Crippen LogP contribution is 2.30. The number of hydrogen-bond acceptors (Lipinski definition) is 4. The van der Waals surface area contributed by atoms with E-state index in [1.54, 1.807) is 12.1 Å². The van der Waals surface area contributed by atoms with Gasteiger partial charge in [0.25, 0.3) is 5.91 Å². The van der Waals surface area contributed by atoms with E-state index in [1.165, 1.54) is 0 Å². The number of nitrogens with zero attached hydrogens (tertiary/aromatic N) is 1. The number of anilines is 1. The maximum absolute atomic E-state index is 12.8. The van der Waals surface area contributed by atoms with Gasteiger partial charge in [-0.05, 0) is 19.1 Å². The van der Waals surface area contributed by atoms with Crippen LogP contribution in [0.1, 0.15) is 31.1 Å². The van der Waals surface area contributed by atoms with Crippen molar-refractivity contribution in [2.45, 2.75) is 31.3 Å². The molecule has 5 heteroatoms. The number of amides is 1. The van der Waals surface area contributed by atoms with E-state index in [4.69, 9.17) is 10.5 Å². The topological polar surface area (TPSA) is 55.6 Å². The van der Waals surface area contributed by atoms with Crippen molar-refractivity contribution in [2.75, 3.05) is 25.4 Å². The molecule has 1 aliphatic rings. The Morgan fingerprint density at radius 3 is 2.65 bits per heavy atom. The Morgan fingerprint density at radius 2 is 2.05 bits per heavy atom. The summed E-state index contributed by atoms with van der Waals surface area (Å²) in [5, 5.41) is 0.895. The van der Waals surface area contributed by atoms with Gasteiger partial charge < -0.3 is 15.4 Å². The number of carbonyl (C=O) groups excluding carboxylic acids is 1. The second kappa shape index (κ2) is 6.39. The molecule has 0 aromatic heterocycles. The average Bonchev–Trinajstić information content (AvgIpc) is 2.37.